The van der Waals surface area contributed by atoms with E-state index in [-0.39, 0.29) is 11.9 Å². The molecule has 0 bridgehead atoms. The van der Waals surface area contributed by atoms with Crippen molar-refractivity contribution in [2.45, 2.75) is 26.0 Å². The number of rotatable bonds is 6. The lowest BCUT2D eigenvalue weighted by molar-refractivity contribution is -0.127. The Morgan fingerprint density at radius 3 is 2.38 bits per heavy atom. The first-order valence-electron chi connectivity index (χ1n) is 7.47. The van der Waals surface area contributed by atoms with E-state index in [1.165, 1.54) is 0 Å². The maximum absolute atomic E-state index is 12.4. The van der Waals surface area contributed by atoms with Crippen LogP contribution < -0.4 is 14.8 Å². The van der Waals surface area contributed by atoms with E-state index in [0.717, 1.165) is 5.56 Å². The fourth-order valence-corrected chi connectivity index (χ4v) is 2.79. The SMILES string of the molecule is COc1ccccc1O[C@@H](C)C(=O)N[C@H](C)c1ccc(Cl)cc1Cl. The van der Waals surface area contributed by atoms with E-state index in [1.54, 1.807) is 44.4 Å². The molecule has 0 aliphatic heterocycles. The molecule has 0 saturated heterocycles. The van der Waals surface area contributed by atoms with E-state index in [4.69, 9.17) is 32.7 Å². The molecule has 2 rings (SSSR count). The lowest BCUT2D eigenvalue weighted by Crippen LogP contribution is -2.37. The molecular weight excluding hydrogens is 349 g/mol. The van der Waals surface area contributed by atoms with Gasteiger partial charge in [0.05, 0.1) is 13.2 Å². The summed E-state index contributed by atoms with van der Waals surface area (Å²) in [6, 6.07) is 12.1. The normalized spacial score (nSPS) is 13.0. The number of ether oxygens (including phenoxy) is 2. The summed E-state index contributed by atoms with van der Waals surface area (Å²) < 4.78 is 10.9. The van der Waals surface area contributed by atoms with Gasteiger partial charge in [-0.25, -0.2) is 0 Å². The lowest BCUT2D eigenvalue weighted by Gasteiger charge is -2.20. The first kappa shape index (κ1) is 18.4. The minimum absolute atomic E-state index is 0.251. The molecule has 24 heavy (non-hydrogen) atoms. The van der Waals surface area contributed by atoms with Crippen LogP contribution in [0.5, 0.6) is 11.5 Å². The smallest absolute Gasteiger partial charge is 0.261 e. The lowest BCUT2D eigenvalue weighted by atomic mass is 10.1. The van der Waals surface area contributed by atoms with Gasteiger partial charge in [0.25, 0.3) is 5.91 Å². The van der Waals surface area contributed by atoms with Crippen LogP contribution in [-0.4, -0.2) is 19.1 Å². The predicted molar refractivity (Wildman–Crippen MR) is 96.1 cm³/mol. The second-order valence-electron chi connectivity index (χ2n) is 5.31. The Balaban J connectivity index is 2.03. The maximum atomic E-state index is 12.4. The minimum atomic E-state index is -0.685. The standard InChI is InChI=1S/C18H19Cl2NO3/c1-11(14-9-8-13(19)10-15(14)20)21-18(22)12(2)24-17-7-5-4-6-16(17)23-3/h4-12H,1-3H3,(H,21,22)/t11-,12+/m1/s1. The fourth-order valence-electron chi connectivity index (χ4n) is 2.22. The van der Waals surface area contributed by atoms with Crippen molar-refractivity contribution in [3.63, 3.8) is 0 Å². The van der Waals surface area contributed by atoms with Gasteiger partial charge in [0.1, 0.15) is 0 Å². The number of carbonyl (C=O) groups is 1. The molecule has 2 aromatic rings. The minimum Gasteiger partial charge on any atom is -0.493 e. The number of hydrogen-bond donors (Lipinski definition) is 1. The third-order valence-corrected chi connectivity index (χ3v) is 4.09. The Morgan fingerprint density at radius 1 is 1.08 bits per heavy atom. The van der Waals surface area contributed by atoms with Crippen molar-refractivity contribution in [1.82, 2.24) is 5.32 Å². The Morgan fingerprint density at radius 2 is 1.75 bits per heavy atom. The third-order valence-electron chi connectivity index (χ3n) is 3.53. The molecule has 0 saturated carbocycles. The first-order chi connectivity index (χ1) is 11.4. The molecule has 0 aliphatic rings. The van der Waals surface area contributed by atoms with Crippen LogP contribution in [0.15, 0.2) is 42.5 Å². The number of para-hydroxylation sites is 2. The number of methoxy groups -OCH3 is 1. The van der Waals surface area contributed by atoms with Crippen molar-refractivity contribution in [3.8, 4) is 11.5 Å². The fraction of sp³-hybridized carbons (Fsp3) is 0.278. The summed E-state index contributed by atoms with van der Waals surface area (Å²) in [7, 11) is 1.55. The number of benzene rings is 2. The van der Waals surface area contributed by atoms with Crippen molar-refractivity contribution < 1.29 is 14.3 Å². The highest BCUT2D eigenvalue weighted by molar-refractivity contribution is 6.35. The number of carbonyl (C=O) groups excluding carboxylic acids is 1. The molecule has 0 aromatic heterocycles. The second kappa shape index (κ2) is 8.27. The summed E-state index contributed by atoms with van der Waals surface area (Å²) in [6.45, 7) is 3.53. The van der Waals surface area contributed by atoms with Crippen molar-refractivity contribution >= 4 is 29.1 Å². The number of amides is 1. The van der Waals surface area contributed by atoms with Crippen LogP contribution in [0.3, 0.4) is 0 Å². The quantitative estimate of drug-likeness (QED) is 0.808. The second-order valence-corrected chi connectivity index (χ2v) is 6.15. The summed E-state index contributed by atoms with van der Waals surface area (Å²) >= 11 is 12.1. The molecule has 0 spiro atoms. The van der Waals surface area contributed by atoms with E-state index in [0.29, 0.717) is 21.5 Å². The van der Waals surface area contributed by atoms with Gasteiger partial charge in [0, 0.05) is 10.0 Å². The van der Waals surface area contributed by atoms with Crippen molar-refractivity contribution in [2.24, 2.45) is 0 Å². The third kappa shape index (κ3) is 4.56. The van der Waals surface area contributed by atoms with Gasteiger partial charge in [-0.05, 0) is 43.7 Å². The van der Waals surface area contributed by atoms with E-state index < -0.39 is 6.10 Å². The van der Waals surface area contributed by atoms with Crippen molar-refractivity contribution in [1.29, 1.82) is 0 Å². The van der Waals surface area contributed by atoms with Crippen LogP contribution in [0.2, 0.25) is 10.0 Å². The van der Waals surface area contributed by atoms with Gasteiger partial charge in [-0.1, -0.05) is 41.4 Å². The topological polar surface area (TPSA) is 47.6 Å². The molecule has 1 N–H and O–H groups in total. The van der Waals surface area contributed by atoms with Crippen LogP contribution in [0.4, 0.5) is 0 Å². The van der Waals surface area contributed by atoms with Crippen LogP contribution in [0.1, 0.15) is 25.5 Å². The zero-order chi connectivity index (χ0) is 17.7. The van der Waals surface area contributed by atoms with Crippen LogP contribution in [0, 0.1) is 0 Å². The van der Waals surface area contributed by atoms with Crippen molar-refractivity contribution in [2.75, 3.05) is 7.11 Å². The zero-order valence-corrected chi connectivity index (χ0v) is 15.2. The van der Waals surface area contributed by atoms with E-state index in [2.05, 4.69) is 5.32 Å². The van der Waals surface area contributed by atoms with Gasteiger partial charge in [-0.3, -0.25) is 4.79 Å². The van der Waals surface area contributed by atoms with Crippen LogP contribution in [0.25, 0.3) is 0 Å². The maximum Gasteiger partial charge on any atom is 0.261 e. The molecule has 0 aliphatic carbocycles. The molecule has 0 heterocycles. The number of halogens is 2. The summed E-state index contributed by atoms with van der Waals surface area (Å²) in [5.41, 5.74) is 0.791. The van der Waals surface area contributed by atoms with E-state index >= 15 is 0 Å². The van der Waals surface area contributed by atoms with E-state index in [9.17, 15) is 4.79 Å². The zero-order valence-electron chi connectivity index (χ0n) is 13.7. The highest BCUT2D eigenvalue weighted by Gasteiger charge is 2.20. The van der Waals surface area contributed by atoms with Gasteiger partial charge < -0.3 is 14.8 Å². The van der Waals surface area contributed by atoms with Gasteiger partial charge in [-0.15, -0.1) is 0 Å². The number of hydrogen-bond acceptors (Lipinski definition) is 3. The molecular formula is C18H19Cl2NO3. The number of nitrogens with one attached hydrogen (secondary N) is 1. The van der Waals surface area contributed by atoms with Gasteiger partial charge >= 0.3 is 0 Å². The van der Waals surface area contributed by atoms with Gasteiger partial charge in [0.15, 0.2) is 17.6 Å². The molecule has 1 amide bonds. The average Bonchev–Trinajstić information content (AvgIpc) is 2.55. The summed E-state index contributed by atoms with van der Waals surface area (Å²) in [6.07, 6.45) is -0.685. The van der Waals surface area contributed by atoms with Crippen LogP contribution in [-0.2, 0) is 4.79 Å². The van der Waals surface area contributed by atoms with Crippen molar-refractivity contribution in [3.05, 3.63) is 58.1 Å². The molecule has 6 heteroatoms. The molecule has 128 valence electrons. The molecule has 2 aromatic carbocycles. The monoisotopic (exact) mass is 367 g/mol. The highest BCUT2D eigenvalue weighted by atomic mass is 35.5. The van der Waals surface area contributed by atoms with Gasteiger partial charge in [-0.2, -0.15) is 0 Å². The van der Waals surface area contributed by atoms with Gasteiger partial charge in [0.2, 0.25) is 0 Å². The molecule has 0 unspecified atom stereocenters. The Bertz CT molecular complexity index is 721. The first-order valence-corrected chi connectivity index (χ1v) is 8.23. The van der Waals surface area contributed by atoms with Crippen LogP contribution >= 0.6 is 23.2 Å². The Hall–Kier alpha value is -1.91. The Kier molecular flexibility index (Phi) is 6.35. The summed E-state index contributed by atoms with van der Waals surface area (Å²) in [5, 5.41) is 3.94. The predicted octanol–water partition coefficient (Wildman–Crippen LogP) is 4.65. The summed E-state index contributed by atoms with van der Waals surface area (Å²) in [4.78, 5) is 12.4. The highest BCUT2D eigenvalue weighted by Crippen LogP contribution is 2.28. The molecule has 4 nitrogen and oxygen atoms in total. The largest absolute Gasteiger partial charge is 0.493 e. The molecule has 0 fully saturated rings. The molecule has 2 atom stereocenters. The average molecular weight is 368 g/mol. The van der Waals surface area contributed by atoms with E-state index in [1.807, 2.05) is 19.1 Å². The Labute approximate surface area is 151 Å². The summed E-state index contributed by atoms with van der Waals surface area (Å²) in [5.74, 6) is 0.838. The molecule has 0 radical (unpaired) electrons.